The van der Waals surface area contributed by atoms with Gasteiger partial charge in [-0.05, 0) is 51.2 Å². The van der Waals surface area contributed by atoms with Crippen LogP contribution in [0.4, 0.5) is 0 Å². The molecule has 0 bridgehead atoms. The highest BCUT2D eigenvalue weighted by atomic mass is 32.2. The second-order valence-electron chi connectivity index (χ2n) is 5.03. The molecule has 3 nitrogen and oxygen atoms in total. The molecule has 100 valence electrons. The third-order valence-electron chi connectivity index (χ3n) is 3.69. The molecule has 0 amide bonds. The number of pyridine rings is 1. The second kappa shape index (κ2) is 6.55. The van der Waals surface area contributed by atoms with Crippen molar-refractivity contribution in [1.82, 2.24) is 9.88 Å². The van der Waals surface area contributed by atoms with Gasteiger partial charge in [0.1, 0.15) is 0 Å². The SMILES string of the molecule is CSC1CCN(C(c2ccccn2)C(C)N)CC1. The smallest absolute Gasteiger partial charge is 0.0670 e. The van der Waals surface area contributed by atoms with E-state index in [1.165, 1.54) is 12.8 Å². The van der Waals surface area contributed by atoms with Gasteiger partial charge in [-0.1, -0.05) is 6.07 Å². The molecular formula is C14H23N3S. The third kappa shape index (κ3) is 3.25. The third-order valence-corrected chi connectivity index (χ3v) is 4.83. The molecule has 4 heteroatoms. The molecule has 1 fully saturated rings. The van der Waals surface area contributed by atoms with E-state index in [1.807, 2.05) is 30.1 Å². The number of hydrogen-bond donors (Lipinski definition) is 1. The lowest BCUT2D eigenvalue weighted by molar-refractivity contribution is 0.146. The van der Waals surface area contributed by atoms with Crippen LogP contribution < -0.4 is 5.73 Å². The van der Waals surface area contributed by atoms with E-state index < -0.39 is 0 Å². The molecular weight excluding hydrogens is 242 g/mol. The Morgan fingerprint density at radius 3 is 2.61 bits per heavy atom. The predicted octanol–water partition coefficient (Wildman–Crippen LogP) is 2.30. The van der Waals surface area contributed by atoms with E-state index in [0.29, 0.717) is 0 Å². The maximum Gasteiger partial charge on any atom is 0.0670 e. The average Bonchev–Trinajstić information content (AvgIpc) is 2.40. The molecule has 18 heavy (non-hydrogen) atoms. The van der Waals surface area contributed by atoms with Gasteiger partial charge < -0.3 is 5.73 Å². The minimum atomic E-state index is 0.116. The number of thioether (sulfide) groups is 1. The predicted molar refractivity (Wildman–Crippen MR) is 78.7 cm³/mol. The fourth-order valence-electron chi connectivity index (χ4n) is 2.73. The van der Waals surface area contributed by atoms with E-state index in [2.05, 4.69) is 29.1 Å². The van der Waals surface area contributed by atoms with E-state index in [-0.39, 0.29) is 12.1 Å². The largest absolute Gasteiger partial charge is 0.326 e. The molecule has 1 saturated heterocycles. The van der Waals surface area contributed by atoms with Crippen LogP contribution in [0.5, 0.6) is 0 Å². The van der Waals surface area contributed by atoms with Gasteiger partial charge >= 0.3 is 0 Å². The zero-order chi connectivity index (χ0) is 13.0. The van der Waals surface area contributed by atoms with Crippen molar-refractivity contribution in [2.75, 3.05) is 19.3 Å². The Balaban J connectivity index is 2.08. The highest BCUT2D eigenvalue weighted by Gasteiger charge is 2.28. The number of hydrogen-bond acceptors (Lipinski definition) is 4. The van der Waals surface area contributed by atoms with Gasteiger partial charge in [0.05, 0.1) is 11.7 Å². The Bertz CT molecular complexity index is 347. The van der Waals surface area contributed by atoms with Gasteiger partial charge in [0.25, 0.3) is 0 Å². The highest BCUT2D eigenvalue weighted by molar-refractivity contribution is 7.99. The summed E-state index contributed by atoms with van der Waals surface area (Å²) < 4.78 is 0. The fourth-order valence-corrected chi connectivity index (χ4v) is 3.41. The molecule has 0 aromatic carbocycles. The molecule has 1 aromatic heterocycles. The van der Waals surface area contributed by atoms with Crippen molar-refractivity contribution in [3.8, 4) is 0 Å². The zero-order valence-electron chi connectivity index (χ0n) is 11.2. The lowest BCUT2D eigenvalue weighted by Gasteiger charge is -2.38. The standard InChI is InChI=1S/C14H23N3S/c1-11(15)14(13-5-3-4-8-16-13)17-9-6-12(18-2)7-10-17/h3-5,8,11-12,14H,6-7,9-10,15H2,1-2H3. The number of aromatic nitrogens is 1. The summed E-state index contributed by atoms with van der Waals surface area (Å²) in [5, 5.41) is 0.818. The summed E-state index contributed by atoms with van der Waals surface area (Å²) in [4.78, 5) is 6.99. The molecule has 0 spiro atoms. The lowest BCUT2D eigenvalue weighted by atomic mass is 10.0. The number of piperidine rings is 1. The van der Waals surface area contributed by atoms with Crippen LogP contribution in [0.2, 0.25) is 0 Å². The zero-order valence-corrected chi connectivity index (χ0v) is 12.1. The van der Waals surface area contributed by atoms with Crippen molar-refractivity contribution in [1.29, 1.82) is 0 Å². The van der Waals surface area contributed by atoms with Crippen molar-refractivity contribution in [2.24, 2.45) is 5.73 Å². The molecule has 0 radical (unpaired) electrons. The quantitative estimate of drug-likeness (QED) is 0.907. The summed E-state index contributed by atoms with van der Waals surface area (Å²) in [5.74, 6) is 0. The maximum atomic E-state index is 6.18. The topological polar surface area (TPSA) is 42.2 Å². The monoisotopic (exact) mass is 265 g/mol. The number of nitrogens with two attached hydrogens (primary N) is 1. The maximum absolute atomic E-state index is 6.18. The van der Waals surface area contributed by atoms with Gasteiger partial charge in [-0.15, -0.1) is 0 Å². The van der Waals surface area contributed by atoms with E-state index in [9.17, 15) is 0 Å². The summed E-state index contributed by atoms with van der Waals surface area (Å²) in [6.07, 6.45) is 6.59. The summed E-state index contributed by atoms with van der Waals surface area (Å²) in [6, 6.07) is 6.47. The molecule has 1 aliphatic rings. The molecule has 0 saturated carbocycles. The van der Waals surface area contributed by atoms with Crippen LogP contribution in [-0.4, -0.2) is 40.5 Å². The van der Waals surface area contributed by atoms with Crippen molar-refractivity contribution in [3.63, 3.8) is 0 Å². The molecule has 1 aliphatic heterocycles. The number of likely N-dealkylation sites (tertiary alicyclic amines) is 1. The average molecular weight is 265 g/mol. The highest BCUT2D eigenvalue weighted by Crippen LogP contribution is 2.28. The van der Waals surface area contributed by atoms with Crippen molar-refractivity contribution in [3.05, 3.63) is 30.1 Å². The fraction of sp³-hybridized carbons (Fsp3) is 0.643. The Morgan fingerprint density at radius 2 is 2.11 bits per heavy atom. The second-order valence-corrected chi connectivity index (χ2v) is 6.17. The summed E-state index contributed by atoms with van der Waals surface area (Å²) in [5.41, 5.74) is 7.29. The van der Waals surface area contributed by atoms with Gasteiger partial charge in [0.15, 0.2) is 0 Å². The van der Waals surface area contributed by atoms with E-state index in [1.54, 1.807) is 0 Å². The van der Waals surface area contributed by atoms with E-state index >= 15 is 0 Å². The molecule has 0 aliphatic carbocycles. The van der Waals surface area contributed by atoms with Crippen molar-refractivity contribution >= 4 is 11.8 Å². The minimum Gasteiger partial charge on any atom is -0.326 e. The first-order valence-corrected chi connectivity index (χ1v) is 7.94. The lowest BCUT2D eigenvalue weighted by Crippen LogP contribution is -2.44. The summed E-state index contributed by atoms with van der Waals surface area (Å²) in [6.45, 7) is 4.35. The Kier molecular flexibility index (Phi) is 5.03. The van der Waals surface area contributed by atoms with Gasteiger partial charge in [0.2, 0.25) is 0 Å². The molecule has 2 heterocycles. The molecule has 2 N–H and O–H groups in total. The van der Waals surface area contributed by atoms with Crippen LogP contribution in [0.3, 0.4) is 0 Å². The molecule has 2 rings (SSSR count). The van der Waals surface area contributed by atoms with Crippen LogP contribution in [0.1, 0.15) is 31.5 Å². The summed E-state index contributed by atoms with van der Waals surface area (Å²) in [7, 11) is 0. The van der Waals surface area contributed by atoms with Crippen molar-refractivity contribution < 1.29 is 0 Å². The Hall–Kier alpha value is -0.580. The van der Waals surface area contributed by atoms with Gasteiger partial charge in [0, 0.05) is 17.5 Å². The van der Waals surface area contributed by atoms with Crippen LogP contribution >= 0.6 is 11.8 Å². The number of nitrogens with zero attached hydrogens (tertiary/aromatic N) is 2. The number of rotatable bonds is 4. The molecule has 2 atom stereocenters. The van der Waals surface area contributed by atoms with Gasteiger partial charge in [-0.2, -0.15) is 11.8 Å². The first-order valence-electron chi connectivity index (χ1n) is 6.65. The molecule has 2 unspecified atom stereocenters. The first-order chi connectivity index (χ1) is 8.72. The van der Waals surface area contributed by atoms with Crippen LogP contribution in [0, 0.1) is 0 Å². The Labute approximate surface area is 114 Å². The summed E-state index contributed by atoms with van der Waals surface area (Å²) >= 11 is 1.99. The Morgan fingerprint density at radius 1 is 1.39 bits per heavy atom. The minimum absolute atomic E-state index is 0.116. The first kappa shape index (κ1) is 13.8. The van der Waals surface area contributed by atoms with Crippen LogP contribution in [0.15, 0.2) is 24.4 Å². The van der Waals surface area contributed by atoms with E-state index in [4.69, 9.17) is 5.73 Å². The van der Waals surface area contributed by atoms with Gasteiger partial charge in [-0.25, -0.2) is 0 Å². The van der Waals surface area contributed by atoms with Gasteiger partial charge in [-0.3, -0.25) is 9.88 Å². The normalized spacial score (nSPS) is 21.7. The van der Waals surface area contributed by atoms with Crippen molar-refractivity contribution in [2.45, 2.75) is 37.1 Å². The van der Waals surface area contributed by atoms with E-state index in [0.717, 1.165) is 24.0 Å². The molecule has 1 aromatic rings. The van der Waals surface area contributed by atoms with Crippen LogP contribution in [0.25, 0.3) is 0 Å². The van der Waals surface area contributed by atoms with Crippen LogP contribution in [-0.2, 0) is 0 Å².